The molecule has 2 heterocycles. The predicted octanol–water partition coefficient (Wildman–Crippen LogP) is 2.42. The highest BCUT2D eigenvalue weighted by Gasteiger charge is 2.34. The summed E-state index contributed by atoms with van der Waals surface area (Å²) < 4.78 is 1.56. The van der Waals surface area contributed by atoms with Crippen LogP contribution < -0.4 is 10.9 Å². The van der Waals surface area contributed by atoms with Gasteiger partial charge in [0, 0.05) is 31.2 Å². The van der Waals surface area contributed by atoms with Gasteiger partial charge in [-0.2, -0.15) is 0 Å². The fourth-order valence-electron chi connectivity index (χ4n) is 3.39. The minimum absolute atomic E-state index is 0.00379. The molecule has 1 N–H and O–H groups in total. The fourth-order valence-corrected chi connectivity index (χ4v) is 3.39. The molecule has 0 aliphatic carbocycles. The van der Waals surface area contributed by atoms with Crippen LogP contribution >= 0.6 is 0 Å². The van der Waals surface area contributed by atoms with Crippen LogP contribution in [0.25, 0.3) is 10.9 Å². The summed E-state index contributed by atoms with van der Waals surface area (Å²) in [5.41, 5.74) is 1.00. The average molecular weight is 370 g/mol. The molecule has 0 spiro atoms. The summed E-state index contributed by atoms with van der Waals surface area (Å²) in [5.74, 6) is -0.173. The van der Waals surface area contributed by atoms with E-state index in [1.54, 1.807) is 34.0 Å². The lowest BCUT2D eigenvalue weighted by atomic mass is 10.1. The molecule has 1 fully saturated rings. The minimum atomic E-state index is -0.367. The Morgan fingerprint density at radius 2 is 2.00 bits per heavy atom. The molecule has 1 aromatic carbocycles. The van der Waals surface area contributed by atoms with E-state index in [0.717, 1.165) is 0 Å². The second-order valence-electron chi connectivity index (χ2n) is 7.87. The van der Waals surface area contributed by atoms with Crippen LogP contribution in [0.15, 0.2) is 29.3 Å². The van der Waals surface area contributed by atoms with Gasteiger partial charge in [0.05, 0.1) is 23.1 Å². The van der Waals surface area contributed by atoms with E-state index in [9.17, 15) is 14.4 Å². The lowest BCUT2D eigenvalue weighted by molar-refractivity contribution is -0.128. The monoisotopic (exact) mass is 370 g/mol. The van der Waals surface area contributed by atoms with Crippen molar-refractivity contribution < 1.29 is 9.59 Å². The van der Waals surface area contributed by atoms with Gasteiger partial charge < -0.3 is 10.2 Å². The minimum Gasteiger partial charge on any atom is -0.342 e. The molecule has 7 heteroatoms. The SMILES string of the molecule is CC(C)CN1C[C@H](C(=O)Nc2ccc3ncn(C(C)C)c(=O)c3c2)CC1=O. The third-order valence-electron chi connectivity index (χ3n) is 4.78. The number of hydrogen-bond donors (Lipinski definition) is 1. The first-order chi connectivity index (χ1) is 12.8. The first kappa shape index (κ1) is 19.1. The van der Waals surface area contributed by atoms with Gasteiger partial charge in [-0.15, -0.1) is 0 Å². The van der Waals surface area contributed by atoms with Crippen LogP contribution in [0, 0.1) is 11.8 Å². The third kappa shape index (κ3) is 4.02. The fraction of sp³-hybridized carbons (Fsp3) is 0.500. The van der Waals surface area contributed by atoms with Crippen molar-refractivity contribution in [2.45, 2.75) is 40.2 Å². The molecule has 0 saturated carbocycles. The number of carbonyl (C=O) groups is 2. The number of carbonyl (C=O) groups excluding carboxylic acids is 2. The quantitative estimate of drug-likeness (QED) is 0.876. The molecule has 144 valence electrons. The molecule has 2 aromatic rings. The Kier molecular flexibility index (Phi) is 5.30. The Bertz CT molecular complexity index is 932. The molecular formula is C20H26N4O3. The lowest BCUT2D eigenvalue weighted by Gasteiger charge is -2.18. The highest BCUT2D eigenvalue weighted by Crippen LogP contribution is 2.22. The molecule has 0 radical (unpaired) electrons. The second-order valence-corrected chi connectivity index (χ2v) is 7.87. The maximum atomic E-state index is 12.6. The molecule has 1 atom stereocenters. The van der Waals surface area contributed by atoms with Crippen LogP contribution in [0.5, 0.6) is 0 Å². The van der Waals surface area contributed by atoms with Gasteiger partial charge in [0.1, 0.15) is 0 Å². The highest BCUT2D eigenvalue weighted by atomic mass is 16.2. The Morgan fingerprint density at radius 3 is 2.67 bits per heavy atom. The first-order valence-electron chi connectivity index (χ1n) is 9.35. The number of anilines is 1. The van der Waals surface area contributed by atoms with Crippen LogP contribution in [0.1, 0.15) is 40.2 Å². The first-order valence-corrected chi connectivity index (χ1v) is 9.35. The largest absolute Gasteiger partial charge is 0.342 e. The zero-order valence-electron chi connectivity index (χ0n) is 16.2. The third-order valence-corrected chi connectivity index (χ3v) is 4.78. The van der Waals surface area contributed by atoms with Gasteiger partial charge in [0.2, 0.25) is 11.8 Å². The summed E-state index contributed by atoms with van der Waals surface area (Å²) in [5, 5.41) is 3.32. The molecule has 27 heavy (non-hydrogen) atoms. The normalized spacial score (nSPS) is 17.3. The maximum absolute atomic E-state index is 12.6. The van der Waals surface area contributed by atoms with Crippen molar-refractivity contribution in [1.82, 2.24) is 14.5 Å². The number of nitrogens with one attached hydrogen (secondary N) is 1. The smallest absolute Gasteiger partial charge is 0.261 e. The summed E-state index contributed by atoms with van der Waals surface area (Å²) in [6, 6.07) is 5.12. The molecule has 0 unspecified atom stereocenters. The number of benzene rings is 1. The number of nitrogens with zero attached hydrogens (tertiary/aromatic N) is 3. The Labute approximate surface area is 158 Å². The van der Waals surface area contributed by atoms with Gasteiger partial charge >= 0.3 is 0 Å². The summed E-state index contributed by atoms with van der Waals surface area (Å²) in [4.78, 5) is 43.4. The van der Waals surface area contributed by atoms with E-state index in [2.05, 4.69) is 10.3 Å². The number of amides is 2. The van der Waals surface area contributed by atoms with Gasteiger partial charge in [-0.05, 0) is 38.0 Å². The van der Waals surface area contributed by atoms with Gasteiger partial charge in [0.15, 0.2) is 0 Å². The Balaban J connectivity index is 1.78. The number of hydrogen-bond acceptors (Lipinski definition) is 4. The highest BCUT2D eigenvalue weighted by molar-refractivity contribution is 5.98. The number of rotatable bonds is 5. The van der Waals surface area contributed by atoms with Gasteiger partial charge in [-0.1, -0.05) is 13.8 Å². The van der Waals surface area contributed by atoms with Crippen LogP contribution in [-0.4, -0.2) is 39.4 Å². The number of fused-ring (bicyclic) bond motifs is 1. The molecule has 1 saturated heterocycles. The molecular weight excluding hydrogens is 344 g/mol. The number of likely N-dealkylation sites (tertiary alicyclic amines) is 1. The topological polar surface area (TPSA) is 84.3 Å². The van der Waals surface area contributed by atoms with Crippen molar-refractivity contribution in [3.63, 3.8) is 0 Å². The summed E-state index contributed by atoms with van der Waals surface area (Å²) in [7, 11) is 0. The van der Waals surface area contributed by atoms with E-state index < -0.39 is 0 Å². The van der Waals surface area contributed by atoms with Crippen LogP contribution in [-0.2, 0) is 9.59 Å². The summed E-state index contributed by atoms with van der Waals surface area (Å²) in [6.07, 6.45) is 1.77. The van der Waals surface area contributed by atoms with E-state index in [4.69, 9.17) is 0 Å². The number of aromatic nitrogens is 2. The Hall–Kier alpha value is -2.70. The van der Waals surface area contributed by atoms with Crippen molar-refractivity contribution in [3.8, 4) is 0 Å². The predicted molar refractivity (Wildman–Crippen MR) is 105 cm³/mol. The summed E-state index contributed by atoms with van der Waals surface area (Å²) in [6.45, 7) is 9.04. The van der Waals surface area contributed by atoms with Crippen molar-refractivity contribution >= 4 is 28.4 Å². The molecule has 3 rings (SSSR count). The standard InChI is InChI=1S/C20H26N4O3/c1-12(2)9-23-10-14(7-18(23)25)19(26)22-15-5-6-17-16(8-15)20(27)24(11-21-17)13(3)4/h5-6,8,11-14H,7,9-10H2,1-4H3,(H,22,26)/t14-/m1/s1. The van der Waals surface area contributed by atoms with E-state index in [-0.39, 0.29) is 35.8 Å². The molecule has 2 amide bonds. The van der Waals surface area contributed by atoms with E-state index >= 15 is 0 Å². The van der Waals surface area contributed by atoms with Gasteiger partial charge in [-0.3, -0.25) is 19.0 Å². The van der Waals surface area contributed by atoms with Gasteiger partial charge in [0.25, 0.3) is 5.56 Å². The van der Waals surface area contributed by atoms with Crippen LogP contribution in [0.3, 0.4) is 0 Å². The Morgan fingerprint density at radius 1 is 1.26 bits per heavy atom. The molecule has 1 aliphatic heterocycles. The molecule has 0 bridgehead atoms. The van der Waals surface area contributed by atoms with E-state index in [1.807, 2.05) is 27.7 Å². The van der Waals surface area contributed by atoms with Crippen molar-refractivity contribution in [3.05, 3.63) is 34.9 Å². The van der Waals surface area contributed by atoms with E-state index in [1.165, 1.54) is 0 Å². The van der Waals surface area contributed by atoms with Crippen molar-refractivity contribution in [2.75, 3.05) is 18.4 Å². The van der Waals surface area contributed by atoms with Crippen LogP contribution in [0.4, 0.5) is 5.69 Å². The van der Waals surface area contributed by atoms with Crippen LogP contribution in [0.2, 0.25) is 0 Å². The van der Waals surface area contributed by atoms with Crippen molar-refractivity contribution in [1.29, 1.82) is 0 Å². The van der Waals surface area contributed by atoms with Crippen molar-refractivity contribution in [2.24, 2.45) is 11.8 Å². The molecule has 7 nitrogen and oxygen atoms in total. The maximum Gasteiger partial charge on any atom is 0.261 e. The van der Waals surface area contributed by atoms with Gasteiger partial charge in [-0.25, -0.2) is 4.98 Å². The van der Waals surface area contributed by atoms with E-state index in [0.29, 0.717) is 35.6 Å². The second kappa shape index (κ2) is 7.50. The zero-order chi connectivity index (χ0) is 19.7. The average Bonchev–Trinajstić information content (AvgIpc) is 2.95. The molecule has 1 aromatic heterocycles. The summed E-state index contributed by atoms with van der Waals surface area (Å²) >= 11 is 0. The molecule has 1 aliphatic rings. The lowest BCUT2D eigenvalue weighted by Crippen LogP contribution is -2.31. The zero-order valence-corrected chi connectivity index (χ0v) is 16.2.